The van der Waals surface area contributed by atoms with Crippen molar-refractivity contribution in [2.24, 2.45) is 0 Å². The van der Waals surface area contributed by atoms with E-state index in [1.807, 2.05) is 11.9 Å². The summed E-state index contributed by atoms with van der Waals surface area (Å²) in [6, 6.07) is 4.20. The van der Waals surface area contributed by atoms with Crippen LogP contribution in [-0.4, -0.2) is 55.2 Å². The van der Waals surface area contributed by atoms with Gasteiger partial charge in [-0.25, -0.2) is 13.2 Å². The number of benzene rings is 1. The number of ketones is 1. The molecule has 0 radical (unpaired) electrons. The monoisotopic (exact) mass is 445 g/mol. The first-order valence-corrected chi connectivity index (χ1v) is 10.2. The lowest BCUT2D eigenvalue weighted by molar-refractivity contribution is 0.104. The molecule has 168 valence electrons. The number of halogens is 3. The number of aryl methyl sites for hydroxylation is 1. The molecule has 32 heavy (non-hydrogen) atoms. The smallest absolute Gasteiger partial charge is 0.200 e. The van der Waals surface area contributed by atoms with E-state index >= 15 is 4.39 Å². The molecule has 0 amide bonds. The van der Waals surface area contributed by atoms with Crippen molar-refractivity contribution in [3.63, 3.8) is 0 Å². The largest absolute Gasteiger partial charge is 0.465 e. The molecule has 0 N–H and O–H groups in total. The highest BCUT2D eigenvalue weighted by atomic mass is 19.1. The van der Waals surface area contributed by atoms with E-state index in [2.05, 4.69) is 0 Å². The van der Waals surface area contributed by atoms with Crippen LogP contribution < -0.4 is 10.3 Å². The molecule has 0 saturated carbocycles. The van der Waals surface area contributed by atoms with Crippen LogP contribution in [0.4, 0.5) is 18.9 Å². The van der Waals surface area contributed by atoms with Crippen molar-refractivity contribution < 1.29 is 22.4 Å². The number of fused-ring (bicyclic) bond motifs is 1. The van der Waals surface area contributed by atoms with Crippen molar-refractivity contribution in [1.29, 1.82) is 0 Å². The van der Waals surface area contributed by atoms with Crippen molar-refractivity contribution in [2.75, 3.05) is 44.8 Å². The molecule has 0 aliphatic carbocycles. The van der Waals surface area contributed by atoms with E-state index in [4.69, 9.17) is 4.42 Å². The fraction of sp³-hybridized carbons (Fsp3) is 0.304. The van der Waals surface area contributed by atoms with E-state index in [1.54, 1.807) is 17.0 Å². The summed E-state index contributed by atoms with van der Waals surface area (Å²) in [7, 11) is 1.92. The maximum Gasteiger partial charge on any atom is 0.200 e. The number of furan rings is 1. The maximum absolute atomic E-state index is 15.6. The average molecular weight is 445 g/mol. The number of alkyl halides is 1. The Morgan fingerprint density at radius 3 is 2.62 bits per heavy atom. The van der Waals surface area contributed by atoms with Gasteiger partial charge in [0.1, 0.15) is 23.9 Å². The lowest BCUT2D eigenvalue weighted by Gasteiger charge is -2.34. The van der Waals surface area contributed by atoms with Crippen molar-refractivity contribution in [3.05, 3.63) is 69.9 Å². The normalized spacial score (nSPS) is 15.2. The Hall–Kier alpha value is -3.33. The molecule has 1 saturated heterocycles. The van der Waals surface area contributed by atoms with Gasteiger partial charge < -0.3 is 18.8 Å². The molecule has 0 unspecified atom stereocenters. The molecule has 1 aliphatic rings. The fourth-order valence-corrected chi connectivity index (χ4v) is 3.87. The van der Waals surface area contributed by atoms with Crippen LogP contribution in [-0.2, 0) is 6.54 Å². The number of hydrogen-bond donors (Lipinski definition) is 0. The Labute approximate surface area is 182 Å². The summed E-state index contributed by atoms with van der Waals surface area (Å²) in [6.07, 6.45) is 5.07. The Morgan fingerprint density at radius 1 is 1.22 bits per heavy atom. The van der Waals surface area contributed by atoms with E-state index in [0.29, 0.717) is 31.9 Å². The molecule has 1 aliphatic heterocycles. The quantitative estimate of drug-likeness (QED) is 0.430. The third-order valence-electron chi connectivity index (χ3n) is 5.58. The second-order valence-corrected chi connectivity index (χ2v) is 7.67. The first-order chi connectivity index (χ1) is 15.4. The number of rotatable bonds is 6. The van der Waals surface area contributed by atoms with E-state index in [0.717, 1.165) is 18.3 Å². The summed E-state index contributed by atoms with van der Waals surface area (Å²) in [5.74, 6) is -2.10. The molecule has 2 aromatic heterocycles. The van der Waals surface area contributed by atoms with Crippen LogP contribution in [0.2, 0.25) is 0 Å². The number of pyridine rings is 1. The zero-order chi connectivity index (χ0) is 22.8. The Morgan fingerprint density at radius 2 is 1.97 bits per heavy atom. The lowest BCUT2D eigenvalue weighted by atomic mass is 10.1. The van der Waals surface area contributed by atoms with Crippen LogP contribution in [0, 0.1) is 11.6 Å². The SMILES string of the molecule is CN1CCN(c2c(F)cc3c(=O)c(C(=O)C=Cc4ccco4)cn(CCF)c3c2F)CC1. The van der Waals surface area contributed by atoms with E-state index < -0.39 is 29.5 Å². The minimum Gasteiger partial charge on any atom is -0.465 e. The molecule has 0 atom stereocenters. The van der Waals surface area contributed by atoms with Crippen LogP contribution >= 0.6 is 0 Å². The summed E-state index contributed by atoms with van der Waals surface area (Å²) in [6.45, 7) is 0.945. The molecule has 3 aromatic rings. The van der Waals surface area contributed by atoms with Crippen LogP contribution in [0.5, 0.6) is 0 Å². The molecule has 4 rings (SSSR count). The molecule has 0 bridgehead atoms. The van der Waals surface area contributed by atoms with Gasteiger partial charge in [0, 0.05) is 32.4 Å². The average Bonchev–Trinajstić information content (AvgIpc) is 3.29. The molecule has 3 heterocycles. The maximum atomic E-state index is 15.6. The van der Waals surface area contributed by atoms with Gasteiger partial charge >= 0.3 is 0 Å². The summed E-state index contributed by atoms with van der Waals surface area (Å²) in [4.78, 5) is 29.2. The molecule has 1 aromatic carbocycles. The lowest BCUT2D eigenvalue weighted by Crippen LogP contribution is -2.45. The van der Waals surface area contributed by atoms with E-state index in [-0.39, 0.29) is 28.7 Å². The third-order valence-corrected chi connectivity index (χ3v) is 5.58. The highest BCUT2D eigenvalue weighted by Gasteiger charge is 2.26. The third kappa shape index (κ3) is 4.08. The van der Waals surface area contributed by atoms with Gasteiger partial charge in [0.05, 0.1) is 29.3 Å². The predicted molar refractivity (Wildman–Crippen MR) is 116 cm³/mol. The minimum atomic E-state index is -0.930. The standard InChI is InChI=1S/C23H22F3N3O3/c1-27-8-10-28(11-9-27)22-18(25)13-16-21(20(22)26)29(7-6-24)14-17(23(16)31)19(30)5-4-15-3-2-12-32-15/h2-5,12-14H,6-11H2,1H3. The Kier molecular flexibility index (Phi) is 6.18. The summed E-state index contributed by atoms with van der Waals surface area (Å²) in [5.41, 5.74) is -1.57. The number of hydrogen-bond acceptors (Lipinski definition) is 5. The van der Waals surface area contributed by atoms with Crippen LogP contribution in [0.3, 0.4) is 0 Å². The van der Waals surface area contributed by atoms with Crippen LogP contribution in [0.25, 0.3) is 17.0 Å². The van der Waals surface area contributed by atoms with Gasteiger partial charge in [-0.15, -0.1) is 0 Å². The van der Waals surface area contributed by atoms with Gasteiger partial charge in [0.15, 0.2) is 11.6 Å². The van der Waals surface area contributed by atoms with Crippen LogP contribution in [0.1, 0.15) is 16.1 Å². The number of carbonyl (C=O) groups is 1. The van der Waals surface area contributed by atoms with Crippen molar-refractivity contribution in [1.82, 2.24) is 9.47 Å². The highest BCUT2D eigenvalue weighted by molar-refractivity contribution is 6.08. The number of anilines is 1. The zero-order valence-corrected chi connectivity index (χ0v) is 17.5. The highest BCUT2D eigenvalue weighted by Crippen LogP contribution is 2.31. The molecular weight excluding hydrogens is 423 g/mol. The minimum absolute atomic E-state index is 0.213. The molecule has 0 spiro atoms. The Balaban J connectivity index is 1.84. The first-order valence-electron chi connectivity index (χ1n) is 10.2. The van der Waals surface area contributed by atoms with Crippen molar-refractivity contribution >= 4 is 28.4 Å². The number of likely N-dealkylation sites (N-methyl/N-ethyl adjacent to an activating group) is 1. The van der Waals surface area contributed by atoms with E-state index in [9.17, 15) is 18.4 Å². The number of carbonyl (C=O) groups excluding carboxylic acids is 1. The summed E-state index contributed by atoms with van der Waals surface area (Å²) >= 11 is 0. The van der Waals surface area contributed by atoms with Gasteiger partial charge in [0.25, 0.3) is 0 Å². The zero-order valence-electron chi connectivity index (χ0n) is 17.5. The van der Waals surface area contributed by atoms with Gasteiger partial charge in [-0.3, -0.25) is 9.59 Å². The second kappa shape index (κ2) is 9.04. The number of piperazine rings is 1. The number of allylic oxidation sites excluding steroid dienone is 1. The van der Waals surface area contributed by atoms with Gasteiger partial charge in [-0.05, 0) is 37.4 Å². The first kappa shape index (κ1) is 21.9. The van der Waals surface area contributed by atoms with Gasteiger partial charge in [-0.1, -0.05) is 0 Å². The van der Waals surface area contributed by atoms with E-state index in [1.165, 1.54) is 16.9 Å². The van der Waals surface area contributed by atoms with Gasteiger partial charge in [0.2, 0.25) is 5.43 Å². The number of aromatic nitrogens is 1. The van der Waals surface area contributed by atoms with Crippen molar-refractivity contribution in [3.8, 4) is 0 Å². The topological polar surface area (TPSA) is 58.7 Å². The molecule has 1 fully saturated rings. The van der Waals surface area contributed by atoms with Crippen LogP contribution in [0.15, 0.2) is 45.9 Å². The Bertz CT molecular complexity index is 1230. The molecular formula is C23H22F3N3O3. The molecule has 6 nitrogen and oxygen atoms in total. The predicted octanol–water partition coefficient (Wildman–Crippen LogP) is 3.49. The fourth-order valence-electron chi connectivity index (χ4n) is 3.87. The van der Waals surface area contributed by atoms with Gasteiger partial charge in [-0.2, -0.15) is 0 Å². The molecule has 9 heteroatoms. The van der Waals surface area contributed by atoms with Crippen molar-refractivity contribution in [2.45, 2.75) is 6.54 Å². The second-order valence-electron chi connectivity index (χ2n) is 7.67. The number of nitrogens with zero attached hydrogens (tertiary/aromatic N) is 3. The summed E-state index contributed by atoms with van der Waals surface area (Å²) < 4.78 is 50.1. The summed E-state index contributed by atoms with van der Waals surface area (Å²) in [5, 5.41) is -0.302.